The lowest BCUT2D eigenvalue weighted by atomic mass is 10.1. The van der Waals surface area contributed by atoms with Crippen LogP contribution in [0.4, 0.5) is 11.4 Å². The Morgan fingerprint density at radius 1 is 1.16 bits per heavy atom. The molecule has 9 nitrogen and oxygen atoms in total. The summed E-state index contributed by atoms with van der Waals surface area (Å²) in [7, 11) is 0. The zero-order valence-electron chi connectivity index (χ0n) is 17.1. The standard InChI is InChI=1S/C22H18N4O5S/c1-2-29-13-4-5-15-14(8-13)18(20(27)24-15)19-21(28)26-10-25(9-23-22(26)32-19)12-3-6-16-17(7-12)31-11-30-16/h3-8H,2,9-11H2,1H3,(H,24,27). The van der Waals surface area contributed by atoms with Gasteiger partial charge < -0.3 is 24.4 Å². The second-order valence-electron chi connectivity index (χ2n) is 7.43. The molecule has 1 N–H and O–H groups in total. The topological polar surface area (TPSA) is 94.4 Å². The maximum atomic E-state index is 13.3. The van der Waals surface area contributed by atoms with Gasteiger partial charge in [0.25, 0.3) is 11.5 Å². The number of aromatic nitrogens is 1. The van der Waals surface area contributed by atoms with Gasteiger partial charge in [-0.1, -0.05) is 11.3 Å². The van der Waals surface area contributed by atoms with Gasteiger partial charge in [0.15, 0.2) is 16.3 Å². The molecule has 0 aliphatic carbocycles. The molecule has 162 valence electrons. The fraction of sp³-hybridized carbons (Fsp3) is 0.227. The van der Waals surface area contributed by atoms with E-state index in [1.165, 1.54) is 11.3 Å². The highest BCUT2D eigenvalue weighted by atomic mass is 32.1. The van der Waals surface area contributed by atoms with Gasteiger partial charge in [-0.05, 0) is 37.3 Å². The summed E-state index contributed by atoms with van der Waals surface area (Å²) >= 11 is 1.24. The largest absolute Gasteiger partial charge is 0.494 e. The van der Waals surface area contributed by atoms with Gasteiger partial charge in [0.05, 0.1) is 12.2 Å². The minimum atomic E-state index is -0.294. The van der Waals surface area contributed by atoms with Gasteiger partial charge in [-0.15, -0.1) is 0 Å². The molecule has 3 aromatic rings. The Kier molecular flexibility index (Phi) is 4.22. The molecular weight excluding hydrogens is 432 g/mol. The summed E-state index contributed by atoms with van der Waals surface area (Å²) in [6, 6.07) is 11.0. The highest BCUT2D eigenvalue weighted by molar-refractivity contribution is 7.07. The van der Waals surface area contributed by atoms with Crippen LogP contribution in [-0.4, -0.2) is 30.5 Å². The van der Waals surface area contributed by atoms with Crippen molar-refractivity contribution in [3.05, 3.63) is 61.6 Å². The molecule has 6 rings (SSSR count). The predicted octanol–water partition coefficient (Wildman–Crippen LogP) is 1.24. The first-order valence-corrected chi connectivity index (χ1v) is 11.0. The van der Waals surface area contributed by atoms with Crippen molar-refractivity contribution < 1.29 is 19.0 Å². The molecule has 3 aliphatic heterocycles. The van der Waals surface area contributed by atoms with Crippen LogP contribution in [0.1, 0.15) is 12.5 Å². The quantitative estimate of drug-likeness (QED) is 0.646. The molecule has 32 heavy (non-hydrogen) atoms. The molecular formula is C22H18N4O5S. The monoisotopic (exact) mass is 450 g/mol. The van der Waals surface area contributed by atoms with Crippen LogP contribution in [0.3, 0.4) is 0 Å². The van der Waals surface area contributed by atoms with E-state index in [4.69, 9.17) is 14.2 Å². The fourth-order valence-corrected chi connectivity index (χ4v) is 5.09. The van der Waals surface area contributed by atoms with E-state index >= 15 is 0 Å². The number of nitrogens with zero attached hydrogens (tertiary/aromatic N) is 3. The number of amides is 1. The van der Waals surface area contributed by atoms with Crippen LogP contribution in [0, 0.1) is 0 Å². The average molecular weight is 450 g/mol. The molecule has 0 saturated heterocycles. The molecule has 0 spiro atoms. The third-order valence-corrected chi connectivity index (χ3v) is 6.66. The molecule has 0 saturated carbocycles. The summed E-state index contributed by atoms with van der Waals surface area (Å²) in [6.45, 7) is 3.34. The van der Waals surface area contributed by atoms with Crippen LogP contribution in [0.2, 0.25) is 0 Å². The van der Waals surface area contributed by atoms with E-state index in [1.807, 2.05) is 30.0 Å². The third-order valence-electron chi connectivity index (χ3n) is 5.55. The molecule has 0 radical (unpaired) electrons. The van der Waals surface area contributed by atoms with Gasteiger partial charge >= 0.3 is 0 Å². The number of anilines is 2. The van der Waals surface area contributed by atoms with E-state index in [0.717, 1.165) is 5.69 Å². The van der Waals surface area contributed by atoms with Crippen molar-refractivity contribution in [2.45, 2.75) is 13.6 Å². The fourth-order valence-electron chi connectivity index (χ4n) is 4.03. The van der Waals surface area contributed by atoms with Gasteiger partial charge in [0, 0.05) is 23.0 Å². The highest BCUT2D eigenvalue weighted by Crippen LogP contribution is 2.36. The Morgan fingerprint density at radius 3 is 2.91 bits per heavy atom. The Labute approximate surface area is 185 Å². The van der Waals surface area contributed by atoms with Crippen LogP contribution in [0.25, 0.3) is 5.57 Å². The molecule has 0 fully saturated rings. The number of rotatable bonds is 3. The van der Waals surface area contributed by atoms with Gasteiger partial charge in [-0.3, -0.25) is 14.2 Å². The van der Waals surface area contributed by atoms with E-state index in [0.29, 0.717) is 63.4 Å². The Morgan fingerprint density at radius 2 is 2.03 bits per heavy atom. The summed E-state index contributed by atoms with van der Waals surface area (Å²) in [4.78, 5) is 33.3. The maximum absolute atomic E-state index is 13.3. The number of hydrogen-bond donors (Lipinski definition) is 1. The minimum Gasteiger partial charge on any atom is -0.494 e. The lowest BCUT2D eigenvalue weighted by Crippen LogP contribution is -2.43. The van der Waals surface area contributed by atoms with E-state index in [1.54, 1.807) is 22.8 Å². The highest BCUT2D eigenvalue weighted by Gasteiger charge is 2.28. The molecule has 0 bridgehead atoms. The van der Waals surface area contributed by atoms with Crippen molar-refractivity contribution in [1.82, 2.24) is 4.57 Å². The van der Waals surface area contributed by atoms with Crippen molar-refractivity contribution in [2.24, 2.45) is 4.99 Å². The number of hydrogen-bond acceptors (Lipinski definition) is 8. The first-order chi connectivity index (χ1) is 15.6. The van der Waals surface area contributed by atoms with E-state index < -0.39 is 0 Å². The first kappa shape index (κ1) is 18.9. The van der Waals surface area contributed by atoms with Gasteiger partial charge in [-0.25, -0.2) is 4.99 Å². The van der Waals surface area contributed by atoms with Gasteiger partial charge in [0.2, 0.25) is 6.79 Å². The number of ether oxygens (including phenoxy) is 3. The third kappa shape index (κ3) is 2.87. The van der Waals surface area contributed by atoms with E-state index in [-0.39, 0.29) is 18.3 Å². The number of thiazole rings is 1. The van der Waals surface area contributed by atoms with Gasteiger partial charge in [-0.2, -0.15) is 0 Å². The second kappa shape index (κ2) is 7.13. The molecule has 2 aromatic carbocycles. The average Bonchev–Trinajstić information content (AvgIpc) is 3.48. The molecule has 1 amide bonds. The van der Waals surface area contributed by atoms with Crippen molar-refractivity contribution in [3.8, 4) is 17.2 Å². The molecule has 10 heteroatoms. The SMILES string of the molecule is CCOc1ccc2c(c1)C(=c1sc3n(c1=O)CN(c1ccc4c(c1)OCO4)CN=3)C(=O)N2. The molecule has 1 aromatic heterocycles. The molecule has 4 heterocycles. The van der Waals surface area contributed by atoms with Crippen molar-refractivity contribution in [3.63, 3.8) is 0 Å². The molecule has 0 atom stereocenters. The normalized spacial score (nSPS) is 17.5. The van der Waals surface area contributed by atoms with Crippen molar-refractivity contribution >= 4 is 34.2 Å². The smallest absolute Gasteiger partial charge is 0.272 e. The lowest BCUT2D eigenvalue weighted by molar-refractivity contribution is -0.110. The first-order valence-electron chi connectivity index (χ1n) is 10.1. The zero-order valence-corrected chi connectivity index (χ0v) is 17.9. The summed E-state index contributed by atoms with van der Waals surface area (Å²) in [6.07, 6.45) is 0. The maximum Gasteiger partial charge on any atom is 0.272 e. The van der Waals surface area contributed by atoms with Gasteiger partial charge in [0.1, 0.15) is 23.6 Å². The number of nitrogens with one attached hydrogen (secondary N) is 1. The van der Waals surface area contributed by atoms with Crippen LogP contribution >= 0.6 is 11.3 Å². The summed E-state index contributed by atoms with van der Waals surface area (Å²) < 4.78 is 18.4. The van der Waals surface area contributed by atoms with Crippen molar-refractivity contribution in [2.75, 3.05) is 30.3 Å². The van der Waals surface area contributed by atoms with Crippen LogP contribution in [0.15, 0.2) is 46.2 Å². The Bertz CT molecular complexity index is 1460. The predicted molar refractivity (Wildman–Crippen MR) is 118 cm³/mol. The van der Waals surface area contributed by atoms with Crippen LogP contribution in [0.5, 0.6) is 17.2 Å². The van der Waals surface area contributed by atoms with Crippen molar-refractivity contribution in [1.29, 1.82) is 0 Å². The van der Waals surface area contributed by atoms with Crippen LogP contribution < -0.4 is 39.3 Å². The second-order valence-corrected chi connectivity index (χ2v) is 8.41. The number of fused-ring (bicyclic) bond motifs is 3. The Balaban J connectivity index is 1.43. The zero-order chi connectivity index (χ0) is 21.8. The summed E-state index contributed by atoms with van der Waals surface area (Å²) in [5, 5.41) is 2.84. The lowest BCUT2D eigenvalue weighted by Gasteiger charge is -2.25. The molecule has 0 unspecified atom stereocenters. The van der Waals surface area contributed by atoms with Crippen LogP contribution in [-0.2, 0) is 11.5 Å². The Hall–Kier alpha value is -3.79. The number of carbonyl (C=O) groups excluding carboxylic acids is 1. The minimum absolute atomic E-state index is 0.202. The number of benzene rings is 2. The van der Waals surface area contributed by atoms with E-state index in [9.17, 15) is 9.59 Å². The summed E-state index contributed by atoms with van der Waals surface area (Å²) in [5.41, 5.74) is 2.34. The molecule has 3 aliphatic rings. The van der Waals surface area contributed by atoms with E-state index in [2.05, 4.69) is 10.3 Å². The summed E-state index contributed by atoms with van der Waals surface area (Å²) in [5.74, 6) is 1.73. The number of carbonyl (C=O) groups is 1.